The molecular formula is C12H17ClFN3O2. The van der Waals surface area contributed by atoms with Crippen LogP contribution in [0.5, 0.6) is 0 Å². The van der Waals surface area contributed by atoms with Crippen LogP contribution >= 0.6 is 12.4 Å². The molecule has 19 heavy (non-hydrogen) atoms. The summed E-state index contributed by atoms with van der Waals surface area (Å²) in [6.07, 6.45) is 1.87. The molecular weight excluding hydrogens is 273 g/mol. The maximum Gasteiger partial charge on any atom is 0.305 e. The van der Waals surface area contributed by atoms with Gasteiger partial charge in [0.25, 0.3) is 0 Å². The van der Waals surface area contributed by atoms with Gasteiger partial charge in [0.15, 0.2) is 0 Å². The Morgan fingerprint density at radius 2 is 2.05 bits per heavy atom. The molecule has 0 spiro atoms. The Bertz CT molecular complexity index is 453. The van der Waals surface area contributed by atoms with Crippen LogP contribution in [0.1, 0.15) is 24.4 Å². The molecule has 0 radical (unpaired) electrons. The van der Waals surface area contributed by atoms with Crippen molar-refractivity contribution in [3.05, 3.63) is 39.7 Å². The fraction of sp³-hybridized carbons (Fsp3) is 0.500. The molecule has 1 atom stereocenters. The third kappa shape index (κ3) is 3.62. The summed E-state index contributed by atoms with van der Waals surface area (Å²) in [5.41, 5.74) is 6.25. The SMILES string of the molecule is Cl.N[C@@H](c1ccc(F)c([N+](=O)[O-])c1)C1CCNCC1. The largest absolute Gasteiger partial charge is 0.324 e. The minimum Gasteiger partial charge on any atom is -0.324 e. The van der Waals surface area contributed by atoms with E-state index in [1.54, 1.807) is 0 Å². The van der Waals surface area contributed by atoms with E-state index in [0.717, 1.165) is 32.0 Å². The molecule has 2 rings (SSSR count). The van der Waals surface area contributed by atoms with Crippen molar-refractivity contribution in [1.82, 2.24) is 5.32 Å². The number of halogens is 2. The number of hydrogen-bond donors (Lipinski definition) is 2. The predicted octanol–water partition coefficient (Wildman–Crippen LogP) is 2.16. The van der Waals surface area contributed by atoms with Crippen LogP contribution < -0.4 is 11.1 Å². The van der Waals surface area contributed by atoms with Crippen molar-refractivity contribution in [3.63, 3.8) is 0 Å². The number of benzene rings is 1. The normalized spacial score (nSPS) is 17.6. The van der Waals surface area contributed by atoms with Crippen LogP contribution in [0.3, 0.4) is 0 Å². The third-order valence-corrected chi connectivity index (χ3v) is 3.44. The first-order chi connectivity index (χ1) is 8.59. The van der Waals surface area contributed by atoms with Gasteiger partial charge < -0.3 is 11.1 Å². The Labute approximate surface area is 116 Å². The van der Waals surface area contributed by atoms with Gasteiger partial charge in [-0.25, -0.2) is 0 Å². The second kappa shape index (κ2) is 6.79. The molecule has 0 aromatic heterocycles. The summed E-state index contributed by atoms with van der Waals surface area (Å²) < 4.78 is 13.2. The maximum absolute atomic E-state index is 13.2. The molecule has 0 saturated carbocycles. The van der Waals surface area contributed by atoms with Crippen molar-refractivity contribution in [2.24, 2.45) is 11.7 Å². The van der Waals surface area contributed by atoms with Crippen LogP contribution in [-0.2, 0) is 0 Å². The van der Waals surface area contributed by atoms with E-state index in [4.69, 9.17) is 5.73 Å². The van der Waals surface area contributed by atoms with Crippen LogP contribution in [0, 0.1) is 21.8 Å². The van der Waals surface area contributed by atoms with E-state index in [2.05, 4.69) is 5.32 Å². The summed E-state index contributed by atoms with van der Waals surface area (Å²) in [4.78, 5) is 9.97. The third-order valence-electron chi connectivity index (χ3n) is 3.44. The van der Waals surface area contributed by atoms with Crippen LogP contribution in [0.2, 0.25) is 0 Å². The number of nitrogens with zero attached hydrogens (tertiary/aromatic N) is 1. The van der Waals surface area contributed by atoms with Gasteiger partial charge in [0.2, 0.25) is 5.82 Å². The minimum absolute atomic E-state index is 0. The van der Waals surface area contributed by atoms with E-state index in [0.29, 0.717) is 5.56 Å². The molecule has 0 amide bonds. The lowest BCUT2D eigenvalue weighted by atomic mass is 9.86. The second-order valence-corrected chi connectivity index (χ2v) is 4.58. The van der Waals surface area contributed by atoms with Gasteiger partial charge in [-0.05, 0) is 43.5 Å². The van der Waals surface area contributed by atoms with Crippen molar-refractivity contribution < 1.29 is 9.31 Å². The number of piperidine rings is 1. The molecule has 1 fully saturated rings. The van der Waals surface area contributed by atoms with E-state index in [-0.39, 0.29) is 24.4 Å². The molecule has 1 aliphatic heterocycles. The van der Waals surface area contributed by atoms with Crippen LogP contribution in [0.25, 0.3) is 0 Å². The summed E-state index contributed by atoms with van der Waals surface area (Å²) in [6.45, 7) is 1.81. The molecule has 0 bridgehead atoms. The lowest BCUT2D eigenvalue weighted by Crippen LogP contribution is -2.33. The van der Waals surface area contributed by atoms with E-state index in [1.165, 1.54) is 12.1 Å². The summed E-state index contributed by atoms with van der Waals surface area (Å²) in [7, 11) is 0. The predicted molar refractivity (Wildman–Crippen MR) is 72.8 cm³/mol. The fourth-order valence-corrected chi connectivity index (χ4v) is 2.35. The zero-order chi connectivity index (χ0) is 13.1. The molecule has 106 valence electrons. The van der Waals surface area contributed by atoms with Gasteiger partial charge in [-0.3, -0.25) is 10.1 Å². The highest BCUT2D eigenvalue weighted by molar-refractivity contribution is 5.85. The number of nitro groups is 1. The summed E-state index contributed by atoms with van der Waals surface area (Å²) in [5, 5.41) is 13.9. The molecule has 1 saturated heterocycles. The van der Waals surface area contributed by atoms with Crippen LogP contribution in [-0.4, -0.2) is 18.0 Å². The van der Waals surface area contributed by atoms with Gasteiger partial charge in [0, 0.05) is 12.1 Å². The van der Waals surface area contributed by atoms with E-state index in [1.807, 2.05) is 0 Å². The number of nitro benzene ring substituents is 1. The molecule has 1 aromatic carbocycles. The monoisotopic (exact) mass is 289 g/mol. The van der Waals surface area contributed by atoms with Gasteiger partial charge in [-0.15, -0.1) is 12.4 Å². The number of rotatable bonds is 3. The molecule has 0 unspecified atom stereocenters. The Kier molecular flexibility index (Phi) is 5.65. The van der Waals surface area contributed by atoms with Gasteiger partial charge in [-0.1, -0.05) is 6.07 Å². The van der Waals surface area contributed by atoms with Crippen molar-refractivity contribution in [3.8, 4) is 0 Å². The number of nitrogens with two attached hydrogens (primary N) is 1. The Morgan fingerprint density at radius 3 is 2.63 bits per heavy atom. The summed E-state index contributed by atoms with van der Waals surface area (Å²) >= 11 is 0. The Morgan fingerprint density at radius 1 is 1.42 bits per heavy atom. The lowest BCUT2D eigenvalue weighted by molar-refractivity contribution is -0.387. The second-order valence-electron chi connectivity index (χ2n) is 4.58. The highest BCUT2D eigenvalue weighted by Crippen LogP contribution is 2.29. The van der Waals surface area contributed by atoms with E-state index in [9.17, 15) is 14.5 Å². The maximum atomic E-state index is 13.2. The minimum atomic E-state index is -0.818. The average Bonchev–Trinajstić information content (AvgIpc) is 2.39. The summed E-state index contributed by atoms with van der Waals surface area (Å²) in [5.74, 6) is -0.530. The number of hydrogen-bond acceptors (Lipinski definition) is 4. The fourth-order valence-electron chi connectivity index (χ4n) is 2.35. The van der Waals surface area contributed by atoms with E-state index >= 15 is 0 Å². The molecule has 0 aliphatic carbocycles. The number of nitrogens with one attached hydrogen (secondary N) is 1. The molecule has 1 heterocycles. The van der Waals surface area contributed by atoms with Gasteiger partial charge in [0.05, 0.1) is 4.92 Å². The quantitative estimate of drug-likeness (QED) is 0.660. The first-order valence-corrected chi connectivity index (χ1v) is 5.99. The lowest BCUT2D eigenvalue weighted by Gasteiger charge is -2.28. The molecule has 7 heteroatoms. The molecule has 1 aromatic rings. The van der Waals surface area contributed by atoms with Crippen LogP contribution in [0.4, 0.5) is 10.1 Å². The smallest absolute Gasteiger partial charge is 0.305 e. The van der Waals surface area contributed by atoms with Crippen LogP contribution in [0.15, 0.2) is 18.2 Å². The van der Waals surface area contributed by atoms with Crippen molar-refractivity contribution in [2.45, 2.75) is 18.9 Å². The Balaban J connectivity index is 0.00000180. The summed E-state index contributed by atoms with van der Waals surface area (Å²) in [6, 6.07) is 3.64. The van der Waals surface area contributed by atoms with Gasteiger partial charge >= 0.3 is 5.69 Å². The first-order valence-electron chi connectivity index (χ1n) is 5.99. The average molecular weight is 290 g/mol. The highest BCUT2D eigenvalue weighted by Gasteiger charge is 2.24. The van der Waals surface area contributed by atoms with Crippen molar-refractivity contribution in [2.75, 3.05) is 13.1 Å². The van der Waals surface area contributed by atoms with E-state index < -0.39 is 16.4 Å². The first kappa shape index (κ1) is 15.8. The van der Waals surface area contributed by atoms with Gasteiger partial charge in [-0.2, -0.15) is 4.39 Å². The zero-order valence-corrected chi connectivity index (χ0v) is 11.2. The molecule has 1 aliphatic rings. The zero-order valence-electron chi connectivity index (χ0n) is 10.3. The topological polar surface area (TPSA) is 81.2 Å². The van der Waals surface area contributed by atoms with Crippen molar-refractivity contribution >= 4 is 18.1 Å². The standard InChI is InChI=1S/C12H16FN3O2.ClH/c13-10-2-1-9(7-11(10)16(17)18)12(14)8-3-5-15-6-4-8;/h1-2,7-8,12,15H,3-6,14H2;1H/t12-;/m1./s1. The van der Waals surface area contributed by atoms with Crippen molar-refractivity contribution in [1.29, 1.82) is 0 Å². The van der Waals surface area contributed by atoms with Gasteiger partial charge in [0.1, 0.15) is 0 Å². The molecule has 3 N–H and O–H groups in total. The highest BCUT2D eigenvalue weighted by atomic mass is 35.5. The molecule has 5 nitrogen and oxygen atoms in total. The Hall–Kier alpha value is -1.24.